The summed E-state index contributed by atoms with van der Waals surface area (Å²) in [7, 11) is 0. The number of amides is 1. The molecule has 0 saturated carbocycles. The molecule has 0 aliphatic carbocycles. The van der Waals surface area contributed by atoms with Gasteiger partial charge in [0.2, 0.25) is 0 Å². The molecule has 30 heavy (non-hydrogen) atoms. The van der Waals surface area contributed by atoms with Crippen LogP contribution in [0.5, 0.6) is 0 Å². The summed E-state index contributed by atoms with van der Waals surface area (Å²) >= 11 is 0.539. The molecule has 0 radical (unpaired) electrons. The maximum Gasteiger partial charge on any atom is 0.418 e. The van der Waals surface area contributed by atoms with Crippen molar-refractivity contribution in [1.29, 1.82) is 5.26 Å². The van der Waals surface area contributed by atoms with Gasteiger partial charge in [0.05, 0.1) is 28.4 Å². The molecule has 160 valence electrons. The Morgan fingerprint density at radius 2 is 1.67 bits per heavy atom. The second-order valence-corrected chi connectivity index (χ2v) is 7.40. The molecule has 0 spiro atoms. The highest BCUT2D eigenvalue weighted by atomic mass is 32.2. The number of carbonyl (C=O) groups excluding carboxylic acids is 1. The number of nitrogens with zero attached hydrogens (tertiary/aromatic N) is 1. The van der Waals surface area contributed by atoms with Crippen LogP contribution < -0.4 is 5.32 Å². The van der Waals surface area contributed by atoms with Crippen LogP contribution in [-0.2, 0) is 17.1 Å². The molecule has 2 aromatic carbocycles. The van der Waals surface area contributed by atoms with E-state index >= 15 is 0 Å². The van der Waals surface area contributed by atoms with Gasteiger partial charge in [-0.05, 0) is 37.3 Å². The van der Waals surface area contributed by atoms with Crippen LogP contribution in [0.15, 0.2) is 47.4 Å². The highest BCUT2D eigenvalue weighted by Crippen LogP contribution is 2.38. The summed E-state index contributed by atoms with van der Waals surface area (Å²) in [5, 5.41) is 21.0. The molecule has 2 N–H and O–H groups in total. The standard InChI is InChI=1S/C19H14F6N2O2S/c1-17(29,10-30-15-5-3-2-4-12(15)18(20,21)22)16(28)27-14-7-6-11(9-26)8-13(14)19(23,24)25/h2-8,29H,10H2,1H3,(H,27,28). The van der Waals surface area contributed by atoms with Crippen molar-refractivity contribution < 1.29 is 36.2 Å². The lowest BCUT2D eigenvalue weighted by molar-refractivity contribution is -0.140. The van der Waals surface area contributed by atoms with E-state index < -0.39 is 46.4 Å². The lowest BCUT2D eigenvalue weighted by atomic mass is 10.1. The summed E-state index contributed by atoms with van der Waals surface area (Å²) in [5.74, 6) is -1.79. The summed E-state index contributed by atoms with van der Waals surface area (Å²) in [5.41, 5.74) is -5.52. The zero-order chi connectivity index (χ0) is 22.7. The van der Waals surface area contributed by atoms with Gasteiger partial charge in [0.15, 0.2) is 0 Å². The molecular formula is C19H14F6N2O2S. The van der Waals surface area contributed by atoms with E-state index in [2.05, 4.69) is 0 Å². The Kier molecular flexibility index (Phi) is 6.73. The largest absolute Gasteiger partial charge is 0.418 e. The van der Waals surface area contributed by atoms with E-state index in [1.165, 1.54) is 12.1 Å². The molecule has 0 fully saturated rings. The lowest BCUT2D eigenvalue weighted by Crippen LogP contribution is -2.42. The fourth-order valence-corrected chi connectivity index (χ4v) is 3.41. The van der Waals surface area contributed by atoms with Crippen LogP contribution >= 0.6 is 11.8 Å². The number of halogens is 6. The van der Waals surface area contributed by atoms with E-state index in [4.69, 9.17) is 5.26 Å². The highest BCUT2D eigenvalue weighted by Gasteiger charge is 2.38. The number of carbonyl (C=O) groups is 1. The third-order valence-electron chi connectivity index (χ3n) is 3.89. The zero-order valence-electron chi connectivity index (χ0n) is 15.2. The Hall–Kier alpha value is -2.71. The molecule has 0 aliphatic rings. The van der Waals surface area contributed by atoms with Gasteiger partial charge in [0.1, 0.15) is 5.60 Å². The maximum absolute atomic E-state index is 13.2. The van der Waals surface area contributed by atoms with Crippen LogP contribution in [0.25, 0.3) is 0 Å². The summed E-state index contributed by atoms with van der Waals surface area (Å²) in [4.78, 5) is 12.1. The van der Waals surface area contributed by atoms with E-state index in [9.17, 15) is 36.2 Å². The molecule has 4 nitrogen and oxygen atoms in total. The number of nitriles is 1. The van der Waals surface area contributed by atoms with Crippen LogP contribution in [0.4, 0.5) is 32.0 Å². The van der Waals surface area contributed by atoms with Crippen LogP contribution in [-0.4, -0.2) is 22.4 Å². The molecule has 2 rings (SSSR count). The molecule has 0 heterocycles. The Morgan fingerprint density at radius 3 is 2.23 bits per heavy atom. The number of hydrogen-bond acceptors (Lipinski definition) is 4. The van der Waals surface area contributed by atoms with Gasteiger partial charge in [-0.2, -0.15) is 31.6 Å². The fourth-order valence-electron chi connectivity index (χ4n) is 2.32. The first-order valence-corrected chi connectivity index (χ1v) is 9.18. The SMILES string of the molecule is CC(O)(CSc1ccccc1C(F)(F)F)C(=O)Nc1ccc(C#N)cc1C(F)(F)F. The number of rotatable bonds is 5. The molecule has 2 aromatic rings. The third kappa shape index (κ3) is 5.67. The second kappa shape index (κ2) is 8.57. The Morgan fingerprint density at radius 1 is 1.07 bits per heavy atom. The van der Waals surface area contributed by atoms with E-state index in [0.29, 0.717) is 17.8 Å². The number of anilines is 1. The van der Waals surface area contributed by atoms with Crippen molar-refractivity contribution >= 4 is 23.4 Å². The number of alkyl halides is 6. The first-order chi connectivity index (χ1) is 13.8. The van der Waals surface area contributed by atoms with Crippen LogP contribution in [0.3, 0.4) is 0 Å². The van der Waals surface area contributed by atoms with Crippen molar-refractivity contribution in [1.82, 2.24) is 0 Å². The van der Waals surface area contributed by atoms with Crippen molar-refractivity contribution in [2.24, 2.45) is 0 Å². The van der Waals surface area contributed by atoms with E-state index in [-0.39, 0.29) is 10.5 Å². The van der Waals surface area contributed by atoms with Gasteiger partial charge < -0.3 is 10.4 Å². The van der Waals surface area contributed by atoms with Crippen molar-refractivity contribution in [2.45, 2.75) is 29.8 Å². The van der Waals surface area contributed by atoms with Crippen LogP contribution in [0.1, 0.15) is 23.6 Å². The normalized spacial score (nSPS) is 14.0. The molecule has 1 unspecified atom stereocenters. The quantitative estimate of drug-likeness (QED) is 0.495. The van der Waals surface area contributed by atoms with Gasteiger partial charge >= 0.3 is 12.4 Å². The van der Waals surface area contributed by atoms with Crippen molar-refractivity contribution in [2.75, 3.05) is 11.1 Å². The number of aliphatic hydroxyl groups is 1. The van der Waals surface area contributed by atoms with Gasteiger partial charge in [0.25, 0.3) is 5.91 Å². The second-order valence-electron chi connectivity index (χ2n) is 6.38. The first kappa shape index (κ1) is 23.6. The van der Waals surface area contributed by atoms with Gasteiger partial charge in [-0.3, -0.25) is 4.79 Å². The van der Waals surface area contributed by atoms with Crippen molar-refractivity contribution in [3.8, 4) is 6.07 Å². The predicted molar refractivity (Wildman–Crippen MR) is 97.6 cm³/mol. The van der Waals surface area contributed by atoms with E-state index in [0.717, 1.165) is 31.2 Å². The first-order valence-electron chi connectivity index (χ1n) is 8.20. The molecule has 0 aliphatic heterocycles. The minimum absolute atomic E-state index is 0.243. The van der Waals surface area contributed by atoms with E-state index in [1.807, 2.05) is 5.32 Å². The topological polar surface area (TPSA) is 73.1 Å². The molecule has 0 saturated heterocycles. The molecular weight excluding hydrogens is 434 g/mol. The molecule has 0 bridgehead atoms. The Balaban J connectivity index is 2.21. The number of benzene rings is 2. The summed E-state index contributed by atoms with van der Waals surface area (Å²) in [6.45, 7) is 0.975. The van der Waals surface area contributed by atoms with Gasteiger partial charge in [-0.15, -0.1) is 11.8 Å². The van der Waals surface area contributed by atoms with Gasteiger partial charge in [-0.25, -0.2) is 0 Å². The highest BCUT2D eigenvalue weighted by molar-refractivity contribution is 7.99. The number of hydrogen-bond donors (Lipinski definition) is 2. The monoisotopic (exact) mass is 448 g/mol. The molecule has 0 aromatic heterocycles. The average Bonchev–Trinajstić information content (AvgIpc) is 2.65. The fraction of sp³-hybridized carbons (Fsp3) is 0.263. The summed E-state index contributed by atoms with van der Waals surface area (Å²) < 4.78 is 78.8. The van der Waals surface area contributed by atoms with Gasteiger partial charge in [-0.1, -0.05) is 12.1 Å². The average molecular weight is 448 g/mol. The number of nitrogens with one attached hydrogen (secondary N) is 1. The minimum atomic E-state index is -4.89. The van der Waals surface area contributed by atoms with Crippen molar-refractivity contribution in [3.63, 3.8) is 0 Å². The smallest absolute Gasteiger partial charge is 0.379 e. The van der Waals surface area contributed by atoms with Gasteiger partial charge in [0, 0.05) is 10.6 Å². The van der Waals surface area contributed by atoms with Crippen LogP contribution in [0.2, 0.25) is 0 Å². The summed E-state index contributed by atoms with van der Waals surface area (Å²) in [6, 6.07) is 8.52. The lowest BCUT2D eigenvalue weighted by Gasteiger charge is -2.24. The summed E-state index contributed by atoms with van der Waals surface area (Å²) in [6.07, 6.45) is -9.54. The van der Waals surface area contributed by atoms with Crippen molar-refractivity contribution in [3.05, 3.63) is 59.2 Å². The third-order valence-corrected chi connectivity index (χ3v) is 5.27. The van der Waals surface area contributed by atoms with Crippen LogP contribution in [0, 0.1) is 11.3 Å². The number of thioether (sulfide) groups is 1. The van der Waals surface area contributed by atoms with E-state index in [1.54, 1.807) is 6.07 Å². The molecule has 11 heteroatoms. The Bertz CT molecular complexity index is 980. The predicted octanol–water partition coefficient (Wildman–Crippen LogP) is 5.08. The molecule has 1 amide bonds. The zero-order valence-corrected chi connectivity index (χ0v) is 16.0. The Labute approximate surface area is 171 Å². The molecule has 1 atom stereocenters. The maximum atomic E-state index is 13.2. The minimum Gasteiger partial charge on any atom is -0.379 e.